The summed E-state index contributed by atoms with van der Waals surface area (Å²) in [6.45, 7) is 8.37. The van der Waals surface area contributed by atoms with E-state index in [0.717, 1.165) is 25.2 Å². The zero-order chi connectivity index (χ0) is 14.4. The van der Waals surface area contributed by atoms with E-state index in [4.69, 9.17) is 4.74 Å². The predicted molar refractivity (Wildman–Crippen MR) is 79.2 cm³/mol. The number of rotatable bonds is 0. The molecule has 2 aliphatic rings. The number of amides is 1. The molecule has 1 amide bonds. The van der Waals surface area contributed by atoms with Crippen LogP contribution in [-0.4, -0.2) is 31.3 Å². The number of para-hydroxylation sites is 1. The number of fused-ring (bicyclic) bond motifs is 2. The Balaban J connectivity index is 1.93. The Kier molecular flexibility index (Phi) is 3.01. The fourth-order valence-corrected chi connectivity index (χ4v) is 3.22. The minimum absolute atomic E-state index is 0.0630. The van der Waals surface area contributed by atoms with Crippen molar-refractivity contribution >= 4 is 11.8 Å². The van der Waals surface area contributed by atoms with Crippen LogP contribution in [0.5, 0.6) is 0 Å². The number of nitrogens with one attached hydrogen (secondary N) is 1. The summed E-state index contributed by atoms with van der Waals surface area (Å²) in [7, 11) is 0. The summed E-state index contributed by atoms with van der Waals surface area (Å²) >= 11 is 0. The molecular formula is C16H22N2O2. The van der Waals surface area contributed by atoms with Gasteiger partial charge in [-0.2, -0.15) is 0 Å². The normalized spacial score (nSPS) is 25.1. The third-order valence-electron chi connectivity index (χ3n) is 4.08. The Labute approximate surface area is 120 Å². The number of ether oxygens (including phenoxy) is 1. The van der Waals surface area contributed by atoms with E-state index in [2.05, 4.69) is 17.4 Å². The maximum absolute atomic E-state index is 12.4. The first-order chi connectivity index (χ1) is 9.41. The summed E-state index contributed by atoms with van der Waals surface area (Å²) in [5, 5.41) is 3.42. The molecule has 1 spiro atoms. The fourth-order valence-electron chi connectivity index (χ4n) is 3.22. The lowest BCUT2D eigenvalue weighted by atomic mass is 9.82. The Morgan fingerprint density at radius 2 is 2.10 bits per heavy atom. The van der Waals surface area contributed by atoms with Crippen LogP contribution < -0.4 is 10.2 Å². The molecule has 108 valence electrons. The number of anilines is 1. The molecule has 1 atom stereocenters. The Hall–Kier alpha value is -1.55. The molecule has 3 rings (SSSR count). The Morgan fingerprint density at radius 1 is 1.35 bits per heavy atom. The van der Waals surface area contributed by atoms with Gasteiger partial charge in [-0.15, -0.1) is 0 Å². The van der Waals surface area contributed by atoms with Gasteiger partial charge < -0.3 is 10.1 Å². The van der Waals surface area contributed by atoms with E-state index in [0.29, 0.717) is 6.54 Å². The molecule has 0 saturated carbocycles. The van der Waals surface area contributed by atoms with E-state index in [1.54, 1.807) is 4.90 Å². The highest BCUT2D eigenvalue weighted by atomic mass is 16.6. The van der Waals surface area contributed by atoms with Crippen molar-refractivity contribution in [3.8, 4) is 0 Å². The van der Waals surface area contributed by atoms with Crippen molar-refractivity contribution in [2.45, 2.75) is 38.2 Å². The lowest BCUT2D eigenvalue weighted by Gasteiger charge is -2.26. The average molecular weight is 274 g/mol. The first-order valence-corrected chi connectivity index (χ1v) is 7.22. The van der Waals surface area contributed by atoms with Crippen LogP contribution in [0.15, 0.2) is 24.3 Å². The smallest absolute Gasteiger partial charge is 0.414 e. The number of hydrogen-bond acceptors (Lipinski definition) is 3. The van der Waals surface area contributed by atoms with Gasteiger partial charge in [0.2, 0.25) is 0 Å². The molecule has 2 aliphatic heterocycles. The molecule has 4 heteroatoms. The van der Waals surface area contributed by atoms with Crippen LogP contribution in [-0.2, 0) is 10.2 Å². The van der Waals surface area contributed by atoms with Crippen LogP contribution >= 0.6 is 0 Å². The zero-order valence-electron chi connectivity index (χ0n) is 12.4. The van der Waals surface area contributed by atoms with Crippen LogP contribution in [0.1, 0.15) is 32.8 Å². The van der Waals surface area contributed by atoms with Gasteiger partial charge >= 0.3 is 6.09 Å². The number of carbonyl (C=O) groups excluding carboxylic acids is 1. The van der Waals surface area contributed by atoms with Gasteiger partial charge in [-0.1, -0.05) is 18.2 Å². The highest BCUT2D eigenvalue weighted by Crippen LogP contribution is 2.44. The number of nitrogens with zero attached hydrogens (tertiary/aromatic N) is 1. The van der Waals surface area contributed by atoms with Crippen molar-refractivity contribution in [2.24, 2.45) is 0 Å². The van der Waals surface area contributed by atoms with Crippen molar-refractivity contribution < 1.29 is 9.53 Å². The molecule has 1 fully saturated rings. The third-order valence-corrected chi connectivity index (χ3v) is 4.08. The van der Waals surface area contributed by atoms with Crippen molar-refractivity contribution in [3.63, 3.8) is 0 Å². The van der Waals surface area contributed by atoms with Gasteiger partial charge in [0.15, 0.2) is 0 Å². The average Bonchev–Trinajstić information content (AvgIpc) is 2.95. The van der Waals surface area contributed by atoms with Crippen molar-refractivity contribution in [3.05, 3.63) is 29.8 Å². The molecule has 1 saturated heterocycles. The standard InChI is InChI=1S/C16H22N2O2/c1-15(2,3)20-14(19)18-11-16(8-9-17-10-16)12-6-4-5-7-13(12)18/h4-7,17H,8-11H2,1-3H3. The maximum atomic E-state index is 12.4. The number of carbonyl (C=O) groups is 1. The van der Waals surface area contributed by atoms with E-state index < -0.39 is 5.60 Å². The van der Waals surface area contributed by atoms with E-state index in [1.807, 2.05) is 32.9 Å². The second kappa shape index (κ2) is 4.48. The van der Waals surface area contributed by atoms with Crippen LogP contribution in [0.25, 0.3) is 0 Å². The SMILES string of the molecule is CC(C)(C)OC(=O)N1CC2(CCNC2)c2ccccc21. The molecule has 0 radical (unpaired) electrons. The molecule has 1 aromatic rings. The van der Waals surface area contributed by atoms with E-state index in [9.17, 15) is 4.79 Å². The van der Waals surface area contributed by atoms with Gasteiger partial charge in [-0.3, -0.25) is 4.90 Å². The lowest BCUT2D eigenvalue weighted by molar-refractivity contribution is 0.0578. The molecule has 0 aliphatic carbocycles. The van der Waals surface area contributed by atoms with Crippen LogP contribution in [0.4, 0.5) is 10.5 Å². The summed E-state index contributed by atoms with van der Waals surface area (Å²) in [6, 6.07) is 8.20. The zero-order valence-corrected chi connectivity index (χ0v) is 12.4. The molecule has 0 bridgehead atoms. The van der Waals surface area contributed by atoms with Crippen molar-refractivity contribution in [2.75, 3.05) is 24.5 Å². The fraction of sp³-hybridized carbons (Fsp3) is 0.562. The topological polar surface area (TPSA) is 41.6 Å². The highest BCUT2D eigenvalue weighted by Gasteiger charge is 2.47. The van der Waals surface area contributed by atoms with E-state index in [-0.39, 0.29) is 11.5 Å². The van der Waals surface area contributed by atoms with Gasteiger partial charge in [-0.05, 0) is 45.4 Å². The van der Waals surface area contributed by atoms with Gasteiger partial charge in [-0.25, -0.2) is 4.79 Å². The minimum Gasteiger partial charge on any atom is -0.443 e. The Bertz CT molecular complexity index is 528. The Morgan fingerprint density at radius 3 is 2.75 bits per heavy atom. The van der Waals surface area contributed by atoms with Gasteiger partial charge in [0.05, 0.1) is 5.69 Å². The molecular weight excluding hydrogens is 252 g/mol. The first-order valence-electron chi connectivity index (χ1n) is 7.22. The van der Waals surface area contributed by atoms with Crippen LogP contribution in [0.3, 0.4) is 0 Å². The predicted octanol–water partition coefficient (Wildman–Crippen LogP) is 2.67. The second-order valence-corrected chi connectivity index (χ2v) is 6.79. The largest absolute Gasteiger partial charge is 0.443 e. The number of hydrogen-bond donors (Lipinski definition) is 1. The molecule has 1 unspecified atom stereocenters. The van der Waals surface area contributed by atoms with Gasteiger partial charge in [0, 0.05) is 18.5 Å². The molecule has 20 heavy (non-hydrogen) atoms. The summed E-state index contributed by atoms with van der Waals surface area (Å²) in [4.78, 5) is 14.2. The van der Waals surface area contributed by atoms with Crippen LogP contribution in [0.2, 0.25) is 0 Å². The lowest BCUT2D eigenvalue weighted by Crippen LogP contribution is -2.41. The second-order valence-electron chi connectivity index (χ2n) is 6.79. The third kappa shape index (κ3) is 2.18. The molecule has 2 heterocycles. The summed E-state index contributed by atoms with van der Waals surface area (Å²) < 4.78 is 5.55. The van der Waals surface area contributed by atoms with E-state index >= 15 is 0 Å². The summed E-state index contributed by atoms with van der Waals surface area (Å²) in [5.41, 5.74) is 1.88. The molecule has 1 N–H and O–H groups in total. The monoisotopic (exact) mass is 274 g/mol. The summed E-state index contributed by atoms with van der Waals surface area (Å²) in [5.74, 6) is 0. The molecule has 0 aromatic heterocycles. The molecule has 4 nitrogen and oxygen atoms in total. The first kappa shape index (κ1) is 13.4. The number of benzene rings is 1. The van der Waals surface area contributed by atoms with Gasteiger partial charge in [0.1, 0.15) is 5.60 Å². The quantitative estimate of drug-likeness (QED) is 0.791. The minimum atomic E-state index is -0.463. The van der Waals surface area contributed by atoms with Gasteiger partial charge in [0.25, 0.3) is 0 Å². The maximum Gasteiger partial charge on any atom is 0.414 e. The summed E-state index contributed by atoms with van der Waals surface area (Å²) in [6.07, 6.45) is 0.831. The van der Waals surface area contributed by atoms with E-state index in [1.165, 1.54) is 5.56 Å². The highest BCUT2D eigenvalue weighted by molar-refractivity contribution is 5.91. The molecule has 1 aromatic carbocycles. The van der Waals surface area contributed by atoms with Crippen molar-refractivity contribution in [1.29, 1.82) is 0 Å². The van der Waals surface area contributed by atoms with Crippen molar-refractivity contribution in [1.82, 2.24) is 5.32 Å². The van der Waals surface area contributed by atoms with Crippen LogP contribution in [0, 0.1) is 0 Å².